The summed E-state index contributed by atoms with van der Waals surface area (Å²) in [6.07, 6.45) is -0.279. The minimum atomic E-state index is -0.279. The van der Waals surface area contributed by atoms with Crippen molar-refractivity contribution in [2.75, 3.05) is 23.4 Å². The maximum atomic E-state index is 11.7. The molecule has 1 saturated heterocycles. The third-order valence-electron chi connectivity index (χ3n) is 4.08. The van der Waals surface area contributed by atoms with Gasteiger partial charge in [0.1, 0.15) is 6.61 Å². The average Bonchev–Trinajstić information content (AvgIpc) is 3.20. The molecule has 2 aromatic carbocycles. The van der Waals surface area contributed by atoms with Crippen molar-refractivity contribution >= 4 is 38.5 Å². The summed E-state index contributed by atoms with van der Waals surface area (Å²) in [4.78, 5) is 18.0. The predicted molar refractivity (Wildman–Crippen MR) is 96.8 cm³/mol. The van der Waals surface area contributed by atoms with Gasteiger partial charge in [0.05, 0.1) is 22.8 Å². The summed E-state index contributed by atoms with van der Waals surface area (Å²) in [6.45, 7) is 3.14. The van der Waals surface area contributed by atoms with Crippen LogP contribution in [-0.2, 0) is 4.74 Å². The molecule has 24 heavy (non-hydrogen) atoms. The zero-order valence-electron chi connectivity index (χ0n) is 13.2. The number of ether oxygens (including phenoxy) is 1. The number of para-hydroxylation sites is 1. The summed E-state index contributed by atoms with van der Waals surface area (Å²) in [5, 5.41) is 4.35. The first kappa shape index (κ1) is 15.0. The number of carbonyl (C=O) groups is 1. The number of nitrogens with one attached hydrogen (secondary N) is 1. The van der Waals surface area contributed by atoms with Gasteiger partial charge in [-0.3, -0.25) is 4.90 Å². The highest BCUT2D eigenvalue weighted by molar-refractivity contribution is 7.22. The van der Waals surface area contributed by atoms with Gasteiger partial charge >= 0.3 is 6.09 Å². The Hall–Kier alpha value is -2.60. The first-order chi connectivity index (χ1) is 11.7. The molecule has 2 heterocycles. The topological polar surface area (TPSA) is 54.5 Å². The lowest BCUT2D eigenvalue weighted by Gasteiger charge is -2.17. The Morgan fingerprint density at radius 1 is 1.25 bits per heavy atom. The molecule has 0 spiro atoms. The van der Waals surface area contributed by atoms with Crippen LogP contribution >= 0.6 is 11.3 Å². The van der Waals surface area contributed by atoms with Crippen LogP contribution in [0, 0.1) is 0 Å². The largest absolute Gasteiger partial charge is 0.447 e. The van der Waals surface area contributed by atoms with E-state index in [1.54, 1.807) is 16.2 Å². The molecule has 1 aliphatic rings. The number of thiazole rings is 1. The molecule has 0 bridgehead atoms. The molecule has 1 fully saturated rings. The molecular weight excluding hydrogens is 322 g/mol. The molecule has 3 aromatic rings. The standard InChI is InChI=1S/C18H17N3O2S/c1-12(19-17-20-15-7-2-3-8-16(15)24-17)13-5-4-6-14(11-13)21-9-10-23-18(21)22/h2-8,11-12H,9-10H2,1H3,(H,19,20)/t12-/m1/s1. The van der Waals surface area contributed by atoms with Gasteiger partial charge < -0.3 is 10.1 Å². The second-order valence-electron chi connectivity index (χ2n) is 5.71. The molecule has 1 aliphatic heterocycles. The summed E-state index contributed by atoms with van der Waals surface area (Å²) >= 11 is 1.64. The molecule has 4 rings (SSSR count). The molecular formula is C18H17N3O2S. The summed E-state index contributed by atoms with van der Waals surface area (Å²) < 4.78 is 6.18. The Morgan fingerprint density at radius 3 is 2.92 bits per heavy atom. The van der Waals surface area contributed by atoms with Crippen LogP contribution < -0.4 is 10.2 Å². The number of hydrogen-bond donors (Lipinski definition) is 1. The third-order valence-corrected chi connectivity index (χ3v) is 5.04. The Morgan fingerprint density at radius 2 is 2.12 bits per heavy atom. The van der Waals surface area contributed by atoms with Crippen LogP contribution in [0.1, 0.15) is 18.5 Å². The first-order valence-electron chi connectivity index (χ1n) is 7.87. The number of hydrogen-bond acceptors (Lipinski definition) is 5. The van der Waals surface area contributed by atoms with E-state index >= 15 is 0 Å². The van der Waals surface area contributed by atoms with Crippen molar-refractivity contribution in [3.05, 3.63) is 54.1 Å². The number of fused-ring (bicyclic) bond motifs is 1. The molecule has 1 N–H and O–H groups in total. The van der Waals surface area contributed by atoms with Crippen LogP contribution in [0.15, 0.2) is 48.5 Å². The van der Waals surface area contributed by atoms with E-state index in [4.69, 9.17) is 4.74 Å². The Kier molecular flexibility index (Phi) is 3.82. The minimum absolute atomic E-state index is 0.0872. The van der Waals surface area contributed by atoms with E-state index in [0.717, 1.165) is 21.9 Å². The van der Waals surface area contributed by atoms with Crippen LogP contribution in [0.4, 0.5) is 15.6 Å². The fourth-order valence-electron chi connectivity index (χ4n) is 2.79. The molecule has 0 aliphatic carbocycles. The number of benzene rings is 2. The van der Waals surface area contributed by atoms with Crippen molar-refractivity contribution in [1.29, 1.82) is 0 Å². The van der Waals surface area contributed by atoms with E-state index in [-0.39, 0.29) is 12.1 Å². The molecule has 0 saturated carbocycles. The van der Waals surface area contributed by atoms with Crippen molar-refractivity contribution < 1.29 is 9.53 Å². The van der Waals surface area contributed by atoms with Gasteiger partial charge in [0.2, 0.25) is 0 Å². The highest BCUT2D eigenvalue weighted by Gasteiger charge is 2.24. The maximum Gasteiger partial charge on any atom is 0.414 e. The number of amides is 1. The molecule has 5 nitrogen and oxygen atoms in total. The molecule has 0 unspecified atom stereocenters. The van der Waals surface area contributed by atoms with Gasteiger partial charge in [-0.05, 0) is 36.8 Å². The number of aromatic nitrogens is 1. The van der Waals surface area contributed by atoms with Crippen molar-refractivity contribution in [2.24, 2.45) is 0 Å². The normalized spacial score (nSPS) is 15.5. The number of carbonyl (C=O) groups excluding carboxylic acids is 1. The Balaban J connectivity index is 1.55. The highest BCUT2D eigenvalue weighted by Crippen LogP contribution is 2.30. The smallest absolute Gasteiger partial charge is 0.414 e. The zero-order valence-corrected chi connectivity index (χ0v) is 14.0. The lowest BCUT2D eigenvalue weighted by Crippen LogP contribution is -2.23. The van der Waals surface area contributed by atoms with Crippen LogP contribution in [-0.4, -0.2) is 24.2 Å². The van der Waals surface area contributed by atoms with E-state index in [1.807, 2.05) is 36.4 Å². The third kappa shape index (κ3) is 2.80. The van der Waals surface area contributed by atoms with Gasteiger partial charge in [-0.2, -0.15) is 0 Å². The first-order valence-corrected chi connectivity index (χ1v) is 8.69. The van der Waals surface area contributed by atoms with Crippen molar-refractivity contribution in [3.63, 3.8) is 0 Å². The molecule has 1 atom stereocenters. The van der Waals surface area contributed by atoms with Gasteiger partial charge in [-0.25, -0.2) is 9.78 Å². The number of cyclic esters (lactones) is 1. The Bertz CT molecular complexity index is 860. The second-order valence-corrected chi connectivity index (χ2v) is 6.74. The summed E-state index contributed by atoms with van der Waals surface area (Å²) in [7, 11) is 0. The number of anilines is 2. The van der Waals surface area contributed by atoms with E-state index in [2.05, 4.69) is 29.4 Å². The fraction of sp³-hybridized carbons (Fsp3) is 0.222. The van der Waals surface area contributed by atoms with Crippen LogP contribution in [0.5, 0.6) is 0 Å². The summed E-state index contributed by atoms with van der Waals surface area (Å²) in [5.74, 6) is 0. The van der Waals surface area contributed by atoms with Crippen molar-refractivity contribution in [2.45, 2.75) is 13.0 Å². The van der Waals surface area contributed by atoms with Crippen LogP contribution in [0.2, 0.25) is 0 Å². The molecule has 1 amide bonds. The molecule has 122 valence electrons. The van der Waals surface area contributed by atoms with Crippen molar-refractivity contribution in [3.8, 4) is 0 Å². The monoisotopic (exact) mass is 339 g/mol. The fourth-order valence-corrected chi connectivity index (χ4v) is 3.75. The van der Waals surface area contributed by atoms with Gasteiger partial charge in [-0.15, -0.1) is 0 Å². The van der Waals surface area contributed by atoms with Gasteiger partial charge in [-0.1, -0.05) is 35.6 Å². The van der Waals surface area contributed by atoms with Gasteiger partial charge in [0.25, 0.3) is 0 Å². The van der Waals surface area contributed by atoms with Crippen LogP contribution in [0.25, 0.3) is 10.2 Å². The number of rotatable bonds is 4. The summed E-state index contributed by atoms with van der Waals surface area (Å²) in [5.41, 5.74) is 2.98. The molecule has 6 heteroatoms. The van der Waals surface area contributed by atoms with Crippen molar-refractivity contribution in [1.82, 2.24) is 4.98 Å². The maximum absolute atomic E-state index is 11.7. The minimum Gasteiger partial charge on any atom is -0.447 e. The average molecular weight is 339 g/mol. The summed E-state index contributed by atoms with van der Waals surface area (Å²) in [6, 6.07) is 16.2. The Labute approximate surface area is 143 Å². The SMILES string of the molecule is C[C@@H](Nc1nc2ccccc2s1)c1cccc(N2CCOC2=O)c1. The lowest BCUT2D eigenvalue weighted by molar-refractivity contribution is 0.181. The second kappa shape index (κ2) is 6.13. The van der Waals surface area contributed by atoms with E-state index < -0.39 is 0 Å². The molecule has 0 radical (unpaired) electrons. The predicted octanol–water partition coefficient (Wildman–Crippen LogP) is 4.43. The van der Waals surface area contributed by atoms with E-state index in [0.29, 0.717) is 13.2 Å². The molecule has 1 aromatic heterocycles. The van der Waals surface area contributed by atoms with Gasteiger partial charge in [0, 0.05) is 5.69 Å². The quantitative estimate of drug-likeness (QED) is 0.764. The van der Waals surface area contributed by atoms with Gasteiger partial charge in [0.15, 0.2) is 5.13 Å². The van der Waals surface area contributed by atoms with E-state index in [9.17, 15) is 4.79 Å². The van der Waals surface area contributed by atoms with Crippen LogP contribution in [0.3, 0.4) is 0 Å². The highest BCUT2D eigenvalue weighted by atomic mass is 32.1. The zero-order chi connectivity index (χ0) is 16.5. The lowest BCUT2D eigenvalue weighted by atomic mass is 10.1. The number of nitrogens with zero attached hydrogens (tertiary/aromatic N) is 2. The van der Waals surface area contributed by atoms with E-state index in [1.165, 1.54) is 4.70 Å².